The first-order chi connectivity index (χ1) is 11.5. The lowest BCUT2D eigenvalue weighted by atomic mass is 10.1. The lowest BCUT2D eigenvalue weighted by molar-refractivity contribution is -0.115. The highest BCUT2D eigenvalue weighted by atomic mass is 35.5. The number of carbonyl (C=O) groups is 1. The van der Waals surface area contributed by atoms with Crippen molar-refractivity contribution in [1.82, 2.24) is 10.2 Å². The molecule has 24 heavy (non-hydrogen) atoms. The number of amides is 1. The van der Waals surface area contributed by atoms with Crippen molar-refractivity contribution < 1.29 is 4.79 Å². The summed E-state index contributed by atoms with van der Waals surface area (Å²) < 4.78 is 0. The highest BCUT2D eigenvalue weighted by Crippen LogP contribution is 2.37. The van der Waals surface area contributed by atoms with Crippen LogP contribution in [-0.4, -0.2) is 16.1 Å². The zero-order valence-corrected chi connectivity index (χ0v) is 15.0. The van der Waals surface area contributed by atoms with E-state index >= 15 is 0 Å². The van der Waals surface area contributed by atoms with Crippen LogP contribution in [0, 0.1) is 6.92 Å². The number of hydrogen-bond donors (Lipinski definition) is 1. The van der Waals surface area contributed by atoms with Crippen LogP contribution in [0.4, 0.5) is 5.13 Å². The van der Waals surface area contributed by atoms with E-state index in [0.717, 1.165) is 11.1 Å². The van der Waals surface area contributed by atoms with E-state index in [1.807, 2.05) is 31.2 Å². The predicted molar refractivity (Wildman–Crippen MR) is 98.9 cm³/mol. The smallest absolute Gasteiger partial charge is 0.230 e. The Balaban J connectivity index is 1.75. The maximum Gasteiger partial charge on any atom is 0.230 e. The minimum atomic E-state index is -0.141. The summed E-state index contributed by atoms with van der Waals surface area (Å²) in [4.78, 5) is 12.2. The molecule has 0 bridgehead atoms. The van der Waals surface area contributed by atoms with Gasteiger partial charge in [0.15, 0.2) is 5.01 Å². The monoisotopic (exact) mass is 377 g/mol. The summed E-state index contributed by atoms with van der Waals surface area (Å²) in [6.07, 6.45) is 0.286. The molecule has 3 rings (SSSR count). The van der Waals surface area contributed by atoms with Crippen LogP contribution in [-0.2, 0) is 11.2 Å². The average Bonchev–Trinajstić information content (AvgIpc) is 2.97. The zero-order chi connectivity index (χ0) is 17.1. The van der Waals surface area contributed by atoms with Gasteiger partial charge in [0.05, 0.1) is 16.5 Å². The van der Waals surface area contributed by atoms with Crippen molar-refractivity contribution in [1.29, 1.82) is 0 Å². The van der Waals surface area contributed by atoms with Gasteiger partial charge in [0.2, 0.25) is 11.0 Å². The standard InChI is InChI=1S/C17H13Cl2N3OS/c1-10-5-2-3-6-11(10)9-14(23)20-17-22-21-16(24-17)15-12(18)7-4-8-13(15)19/h2-8H,9H2,1H3,(H,20,22,23). The van der Waals surface area contributed by atoms with E-state index in [4.69, 9.17) is 23.2 Å². The van der Waals surface area contributed by atoms with E-state index in [1.165, 1.54) is 11.3 Å². The first kappa shape index (κ1) is 16.9. The molecule has 0 spiro atoms. The fourth-order valence-electron chi connectivity index (χ4n) is 2.22. The summed E-state index contributed by atoms with van der Waals surface area (Å²) in [6, 6.07) is 13.0. The number of nitrogens with zero attached hydrogens (tertiary/aromatic N) is 2. The van der Waals surface area contributed by atoms with Gasteiger partial charge in [-0.05, 0) is 30.2 Å². The van der Waals surface area contributed by atoms with Crippen molar-refractivity contribution >= 4 is 45.6 Å². The Kier molecular flexibility index (Phi) is 5.14. The van der Waals surface area contributed by atoms with Crippen LogP contribution < -0.4 is 5.32 Å². The Bertz CT molecular complexity index is 875. The van der Waals surface area contributed by atoms with Gasteiger partial charge in [0.25, 0.3) is 0 Å². The third-order valence-electron chi connectivity index (χ3n) is 3.46. The molecule has 1 N–H and O–H groups in total. The number of aromatic nitrogens is 2. The Morgan fingerprint density at radius 3 is 2.50 bits per heavy atom. The quantitative estimate of drug-likeness (QED) is 0.695. The number of benzene rings is 2. The highest BCUT2D eigenvalue weighted by Gasteiger charge is 2.15. The molecule has 0 aliphatic rings. The minimum Gasteiger partial charge on any atom is -0.300 e. The maximum atomic E-state index is 12.2. The molecule has 1 amide bonds. The van der Waals surface area contributed by atoms with Crippen LogP contribution in [0.5, 0.6) is 0 Å². The summed E-state index contributed by atoms with van der Waals surface area (Å²) in [5.74, 6) is -0.141. The van der Waals surface area contributed by atoms with Crippen molar-refractivity contribution in [3.05, 3.63) is 63.6 Å². The molecule has 7 heteroatoms. The largest absolute Gasteiger partial charge is 0.300 e. The van der Waals surface area contributed by atoms with Crippen LogP contribution in [0.25, 0.3) is 10.6 Å². The predicted octanol–water partition coefficient (Wildman–Crippen LogP) is 5.00. The second-order valence-corrected chi connectivity index (χ2v) is 6.95. The van der Waals surface area contributed by atoms with Crippen molar-refractivity contribution in [3.63, 3.8) is 0 Å². The number of rotatable bonds is 4. The summed E-state index contributed by atoms with van der Waals surface area (Å²) in [6.45, 7) is 1.98. The second-order valence-electron chi connectivity index (χ2n) is 5.16. The Hall–Kier alpha value is -1.95. The third kappa shape index (κ3) is 3.75. The van der Waals surface area contributed by atoms with Gasteiger partial charge in [-0.3, -0.25) is 4.79 Å². The molecule has 0 saturated heterocycles. The Morgan fingerprint density at radius 2 is 1.79 bits per heavy atom. The molecule has 1 heterocycles. The number of carbonyl (C=O) groups excluding carboxylic acids is 1. The SMILES string of the molecule is Cc1ccccc1CC(=O)Nc1nnc(-c2c(Cl)cccc2Cl)s1. The lowest BCUT2D eigenvalue weighted by Crippen LogP contribution is -2.14. The second kappa shape index (κ2) is 7.30. The maximum absolute atomic E-state index is 12.2. The van der Waals surface area contributed by atoms with Gasteiger partial charge in [-0.25, -0.2) is 0 Å². The molecule has 0 unspecified atom stereocenters. The first-order valence-electron chi connectivity index (χ1n) is 7.17. The lowest BCUT2D eigenvalue weighted by Gasteiger charge is -2.04. The zero-order valence-electron chi connectivity index (χ0n) is 12.7. The van der Waals surface area contributed by atoms with Gasteiger partial charge < -0.3 is 5.32 Å². The molecule has 122 valence electrons. The molecule has 0 atom stereocenters. The summed E-state index contributed by atoms with van der Waals surface area (Å²) in [7, 11) is 0. The molecule has 0 fully saturated rings. The fraction of sp³-hybridized carbons (Fsp3) is 0.118. The first-order valence-corrected chi connectivity index (χ1v) is 8.74. The number of anilines is 1. The number of aryl methyl sites for hydroxylation is 1. The van der Waals surface area contributed by atoms with Crippen LogP contribution in [0.1, 0.15) is 11.1 Å². The summed E-state index contributed by atoms with van der Waals surface area (Å²) >= 11 is 13.6. The normalized spacial score (nSPS) is 10.6. The van der Waals surface area contributed by atoms with E-state index in [0.29, 0.717) is 25.7 Å². The summed E-state index contributed by atoms with van der Waals surface area (Å²) in [5, 5.41) is 12.8. The highest BCUT2D eigenvalue weighted by molar-refractivity contribution is 7.18. The van der Waals surface area contributed by atoms with E-state index in [2.05, 4.69) is 15.5 Å². The van der Waals surface area contributed by atoms with E-state index in [-0.39, 0.29) is 12.3 Å². The summed E-state index contributed by atoms with van der Waals surface area (Å²) in [5.41, 5.74) is 2.68. The van der Waals surface area contributed by atoms with Crippen molar-refractivity contribution in [3.8, 4) is 10.6 Å². The van der Waals surface area contributed by atoms with E-state index in [1.54, 1.807) is 18.2 Å². The van der Waals surface area contributed by atoms with Gasteiger partial charge in [0, 0.05) is 5.56 Å². The van der Waals surface area contributed by atoms with Gasteiger partial charge in [0.1, 0.15) is 0 Å². The fourth-order valence-corrected chi connectivity index (χ4v) is 3.74. The molecule has 0 aliphatic carbocycles. The van der Waals surface area contributed by atoms with Crippen LogP contribution in [0.2, 0.25) is 10.0 Å². The van der Waals surface area contributed by atoms with Gasteiger partial charge in [-0.15, -0.1) is 10.2 Å². The van der Waals surface area contributed by atoms with Crippen LogP contribution in [0.15, 0.2) is 42.5 Å². The minimum absolute atomic E-state index is 0.141. The topological polar surface area (TPSA) is 54.9 Å². The van der Waals surface area contributed by atoms with Gasteiger partial charge in [-0.2, -0.15) is 0 Å². The van der Waals surface area contributed by atoms with Gasteiger partial charge >= 0.3 is 0 Å². The molecular formula is C17H13Cl2N3OS. The number of hydrogen-bond acceptors (Lipinski definition) is 4. The van der Waals surface area contributed by atoms with Crippen LogP contribution >= 0.6 is 34.5 Å². The van der Waals surface area contributed by atoms with Crippen molar-refractivity contribution in [2.75, 3.05) is 5.32 Å². The molecular weight excluding hydrogens is 365 g/mol. The molecule has 1 aromatic heterocycles. The Morgan fingerprint density at radius 1 is 1.08 bits per heavy atom. The third-order valence-corrected chi connectivity index (χ3v) is 4.95. The molecule has 0 aliphatic heterocycles. The van der Waals surface area contributed by atoms with Gasteiger partial charge in [-0.1, -0.05) is 64.9 Å². The number of nitrogens with one attached hydrogen (secondary N) is 1. The van der Waals surface area contributed by atoms with Crippen molar-refractivity contribution in [2.45, 2.75) is 13.3 Å². The molecule has 0 saturated carbocycles. The van der Waals surface area contributed by atoms with E-state index < -0.39 is 0 Å². The average molecular weight is 378 g/mol. The number of halogens is 2. The van der Waals surface area contributed by atoms with Crippen LogP contribution in [0.3, 0.4) is 0 Å². The van der Waals surface area contributed by atoms with E-state index in [9.17, 15) is 4.79 Å². The molecule has 0 radical (unpaired) electrons. The van der Waals surface area contributed by atoms with Crippen molar-refractivity contribution in [2.24, 2.45) is 0 Å². The molecule has 3 aromatic rings. The Labute approximate surface area is 153 Å². The molecule has 4 nitrogen and oxygen atoms in total. The molecule has 2 aromatic carbocycles.